The molecule has 1 rings (SSSR count). The number of nitrogens with zero attached hydrogens (tertiary/aromatic N) is 2. The molecule has 4 nitrogen and oxygen atoms in total. The highest BCUT2D eigenvalue weighted by molar-refractivity contribution is 14.1. The Morgan fingerprint density at radius 3 is 2.44 bits per heavy atom. The highest BCUT2D eigenvalue weighted by atomic mass is 127. The molecule has 0 spiro atoms. The number of unbranched alkanes of at least 4 members (excludes halogenated alkanes) is 1. The Morgan fingerprint density at radius 1 is 1.33 bits per heavy atom. The van der Waals surface area contributed by atoms with Crippen LogP contribution in [0.1, 0.15) is 19.8 Å². The summed E-state index contributed by atoms with van der Waals surface area (Å²) >= 11 is 2.12. The molecule has 0 radical (unpaired) electrons. The van der Waals surface area contributed by atoms with Gasteiger partial charge in [0.1, 0.15) is 6.54 Å². The summed E-state index contributed by atoms with van der Waals surface area (Å²) in [5.41, 5.74) is 0. The topological polar surface area (TPSA) is 61.2 Å². The third-order valence-electron chi connectivity index (χ3n) is 2.46. The van der Waals surface area contributed by atoms with Gasteiger partial charge in [0.25, 0.3) is 0 Å². The van der Waals surface area contributed by atoms with E-state index in [4.69, 9.17) is 5.26 Å². The van der Waals surface area contributed by atoms with Gasteiger partial charge in [-0.1, -0.05) is 13.3 Å². The maximum Gasteiger partial charge on any atom is 0.244 e. The van der Waals surface area contributed by atoms with Gasteiger partial charge in [-0.05, 0) is 53.3 Å². The predicted octanol–water partition coefficient (Wildman–Crippen LogP) is 2.61. The van der Waals surface area contributed by atoms with Gasteiger partial charge in [0.15, 0.2) is 0 Å². The number of sulfonamides is 1. The summed E-state index contributed by atoms with van der Waals surface area (Å²) in [6, 6.07) is 8.56. The predicted molar refractivity (Wildman–Crippen MR) is 78.4 cm³/mol. The molecule has 0 saturated carbocycles. The molecule has 0 amide bonds. The van der Waals surface area contributed by atoms with Crippen LogP contribution in [-0.2, 0) is 10.0 Å². The van der Waals surface area contributed by atoms with E-state index in [2.05, 4.69) is 22.6 Å². The smallest absolute Gasteiger partial charge is 0.207 e. The lowest BCUT2D eigenvalue weighted by Crippen LogP contribution is -2.32. The Balaban J connectivity index is 3.01. The normalized spacial score (nSPS) is 11.4. The molecule has 0 N–H and O–H groups in total. The SMILES string of the molecule is CCCCN(CC#N)S(=O)(=O)c1ccc(I)cc1. The van der Waals surface area contributed by atoms with Crippen molar-refractivity contribution >= 4 is 32.6 Å². The quantitative estimate of drug-likeness (QED) is 0.565. The zero-order chi connectivity index (χ0) is 13.6. The summed E-state index contributed by atoms with van der Waals surface area (Å²) in [5, 5.41) is 8.73. The second kappa shape index (κ2) is 7.07. The van der Waals surface area contributed by atoms with Gasteiger partial charge in [-0.15, -0.1) is 0 Å². The Kier molecular flexibility index (Phi) is 6.05. The summed E-state index contributed by atoms with van der Waals surface area (Å²) in [7, 11) is -3.54. The number of hydrogen-bond acceptors (Lipinski definition) is 3. The summed E-state index contributed by atoms with van der Waals surface area (Å²) in [6.07, 6.45) is 1.65. The number of nitriles is 1. The van der Waals surface area contributed by atoms with Crippen LogP contribution in [0.2, 0.25) is 0 Å². The van der Waals surface area contributed by atoms with Gasteiger partial charge in [-0.3, -0.25) is 0 Å². The van der Waals surface area contributed by atoms with E-state index in [0.717, 1.165) is 16.4 Å². The van der Waals surface area contributed by atoms with Crippen LogP contribution in [0.4, 0.5) is 0 Å². The fourth-order valence-corrected chi connectivity index (χ4v) is 3.19. The molecule has 0 bridgehead atoms. The number of rotatable bonds is 6. The summed E-state index contributed by atoms with van der Waals surface area (Å²) in [6.45, 7) is 2.27. The first-order valence-electron chi connectivity index (χ1n) is 5.65. The summed E-state index contributed by atoms with van der Waals surface area (Å²) in [5.74, 6) is 0. The van der Waals surface area contributed by atoms with Crippen molar-refractivity contribution in [3.8, 4) is 6.07 Å². The van der Waals surface area contributed by atoms with Crippen molar-refractivity contribution in [2.24, 2.45) is 0 Å². The van der Waals surface area contributed by atoms with Crippen LogP contribution in [0.15, 0.2) is 29.2 Å². The van der Waals surface area contributed by atoms with Crippen LogP contribution in [0.3, 0.4) is 0 Å². The van der Waals surface area contributed by atoms with E-state index in [1.165, 1.54) is 4.31 Å². The van der Waals surface area contributed by atoms with Gasteiger partial charge >= 0.3 is 0 Å². The highest BCUT2D eigenvalue weighted by Crippen LogP contribution is 2.17. The average Bonchev–Trinajstić information content (AvgIpc) is 2.35. The molecular weight excluding hydrogens is 363 g/mol. The average molecular weight is 378 g/mol. The summed E-state index contributed by atoms with van der Waals surface area (Å²) in [4.78, 5) is 0.245. The van der Waals surface area contributed by atoms with Gasteiger partial charge in [0, 0.05) is 10.1 Å². The molecule has 0 aliphatic heterocycles. The van der Waals surface area contributed by atoms with Crippen LogP contribution in [0.25, 0.3) is 0 Å². The van der Waals surface area contributed by atoms with Gasteiger partial charge in [-0.25, -0.2) is 8.42 Å². The third kappa shape index (κ3) is 3.93. The lowest BCUT2D eigenvalue weighted by molar-refractivity contribution is 0.435. The Morgan fingerprint density at radius 2 is 1.94 bits per heavy atom. The van der Waals surface area contributed by atoms with Crippen LogP contribution in [0, 0.1) is 14.9 Å². The molecule has 0 aliphatic carbocycles. The van der Waals surface area contributed by atoms with Crippen molar-refractivity contribution in [2.75, 3.05) is 13.1 Å². The fourth-order valence-electron chi connectivity index (χ4n) is 1.45. The lowest BCUT2D eigenvalue weighted by atomic mass is 10.3. The largest absolute Gasteiger partial charge is 0.244 e. The first-order valence-corrected chi connectivity index (χ1v) is 8.17. The van der Waals surface area contributed by atoms with Crippen molar-refractivity contribution < 1.29 is 8.42 Å². The second-order valence-electron chi connectivity index (χ2n) is 3.80. The minimum absolute atomic E-state index is 0.103. The third-order valence-corrected chi connectivity index (χ3v) is 5.04. The molecular formula is C12H15IN2O2S. The Hall–Kier alpha value is -0.650. The van der Waals surface area contributed by atoms with Crippen LogP contribution < -0.4 is 0 Å². The van der Waals surface area contributed by atoms with Gasteiger partial charge in [0.05, 0.1) is 11.0 Å². The van der Waals surface area contributed by atoms with Crippen molar-refractivity contribution in [1.29, 1.82) is 5.26 Å². The van der Waals surface area contributed by atoms with Crippen LogP contribution >= 0.6 is 22.6 Å². The number of hydrogen-bond donors (Lipinski definition) is 0. The van der Waals surface area contributed by atoms with Gasteiger partial charge in [-0.2, -0.15) is 9.57 Å². The van der Waals surface area contributed by atoms with E-state index in [1.807, 2.05) is 13.0 Å². The Bertz CT molecular complexity index is 520. The molecule has 1 aromatic carbocycles. The highest BCUT2D eigenvalue weighted by Gasteiger charge is 2.23. The molecule has 0 heterocycles. The lowest BCUT2D eigenvalue weighted by Gasteiger charge is -2.18. The fraction of sp³-hybridized carbons (Fsp3) is 0.417. The maximum atomic E-state index is 12.3. The molecule has 0 atom stereocenters. The Labute approximate surface area is 122 Å². The second-order valence-corrected chi connectivity index (χ2v) is 6.99. The van der Waals surface area contributed by atoms with E-state index < -0.39 is 10.0 Å². The number of halogens is 1. The van der Waals surface area contributed by atoms with E-state index in [-0.39, 0.29) is 11.4 Å². The van der Waals surface area contributed by atoms with Crippen molar-refractivity contribution in [1.82, 2.24) is 4.31 Å². The standard InChI is InChI=1S/C12H15IN2O2S/c1-2-3-9-15(10-8-14)18(16,17)12-6-4-11(13)5-7-12/h4-7H,2-3,9-10H2,1H3. The van der Waals surface area contributed by atoms with E-state index in [1.54, 1.807) is 24.3 Å². The molecule has 0 unspecified atom stereocenters. The molecule has 1 aromatic rings. The van der Waals surface area contributed by atoms with E-state index in [9.17, 15) is 8.42 Å². The molecule has 0 fully saturated rings. The zero-order valence-electron chi connectivity index (χ0n) is 10.1. The van der Waals surface area contributed by atoms with Crippen molar-refractivity contribution in [3.63, 3.8) is 0 Å². The molecule has 98 valence electrons. The molecule has 0 aliphatic rings. The maximum absolute atomic E-state index is 12.3. The molecule has 0 saturated heterocycles. The van der Waals surface area contributed by atoms with E-state index >= 15 is 0 Å². The van der Waals surface area contributed by atoms with Gasteiger partial charge in [0.2, 0.25) is 10.0 Å². The minimum Gasteiger partial charge on any atom is -0.207 e. The monoisotopic (exact) mass is 378 g/mol. The van der Waals surface area contributed by atoms with Crippen LogP contribution in [0.5, 0.6) is 0 Å². The first kappa shape index (κ1) is 15.4. The molecule has 6 heteroatoms. The first-order chi connectivity index (χ1) is 8.52. The van der Waals surface area contributed by atoms with E-state index in [0.29, 0.717) is 6.54 Å². The number of benzene rings is 1. The zero-order valence-corrected chi connectivity index (χ0v) is 13.1. The summed E-state index contributed by atoms with van der Waals surface area (Å²) < 4.78 is 26.8. The minimum atomic E-state index is -3.54. The van der Waals surface area contributed by atoms with Gasteiger partial charge < -0.3 is 0 Å². The van der Waals surface area contributed by atoms with Crippen molar-refractivity contribution in [2.45, 2.75) is 24.7 Å². The van der Waals surface area contributed by atoms with Crippen LogP contribution in [-0.4, -0.2) is 25.8 Å². The molecule has 18 heavy (non-hydrogen) atoms. The molecule has 0 aromatic heterocycles. The van der Waals surface area contributed by atoms with Crippen molar-refractivity contribution in [3.05, 3.63) is 27.8 Å².